The third kappa shape index (κ3) is 3.00. The molecule has 0 aliphatic carbocycles. The third-order valence-electron chi connectivity index (χ3n) is 3.94. The molecule has 2 aromatic heterocycles. The molecule has 0 radical (unpaired) electrons. The summed E-state index contributed by atoms with van der Waals surface area (Å²) in [5.74, 6) is 1.45. The number of nitrogens with zero attached hydrogens (tertiary/aromatic N) is 3. The van der Waals surface area contributed by atoms with Crippen LogP contribution in [0.4, 0.5) is 10.2 Å². The smallest absolute Gasteiger partial charge is 0.252 e. The van der Waals surface area contributed by atoms with Gasteiger partial charge in [0.2, 0.25) is 0 Å². The van der Waals surface area contributed by atoms with Crippen molar-refractivity contribution >= 4 is 16.9 Å². The lowest BCUT2D eigenvalue weighted by Crippen LogP contribution is -2.37. The van der Waals surface area contributed by atoms with Gasteiger partial charge in [0.1, 0.15) is 23.3 Å². The normalized spacial score (nSPS) is 15.1. The van der Waals surface area contributed by atoms with Gasteiger partial charge in [0.05, 0.1) is 30.7 Å². The van der Waals surface area contributed by atoms with E-state index in [0.29, 0.717) is 55.7 Å². The summed E-state index contributed by atoms with van der Waals surface area (Å²) in [6.45, 7) is 2.66. The van der Waals surface area contributed by atoms with Gasteiger partial charge >= 0.3 is 0 Å². The maximum absolute atomic E-state index is 13.3. The van der Waals surface area contributed by atoms with Crippen LogP contribution in [-0.4, -0.2) is 46.2 Å². The highest BCUT2D eigenvalue weighted by Crippen LogP contribution is 2.15. The molecule has 1 aliphatic heterocycles. The summed E-state index contributed by atoms with van der Waals surface area (Å²) in [7, 11) is 0. The van der Waals surface area contributed by atoms with Gasteiger partial charge in [0.25, 0.3) is 5.56 Å². The number of H-pyrrole nitrogens is 2. The van der Waals surface area contributed by atoms with Crippen LogP contribution in [0.2, 0.25) is 0 Å². The number of halogens is 1. The topological polar surface area (TPSA) is 86.9 Å². The number of imidazole rings is 1. The van der Waals surface area contributed by atoms with Crippen LogP contribution in [0.1, 0.15) is 11.6 Å². The first-order chi connectivity index (χ1) is 11.7. The zero-order chi connectivity index (χ0) is 16.5. The largest absolute Gasteiger partial charge is 0.378 e. The number of hydrogen-bond acceptors (Lipinski definition) is 5. The first kappa shape index (κ1) is 14.8. The highest BCUT2D eigenvalue weighted by atomic mass is 19.1. The number of hydrogen-bond donors (Lipinski definition) is 2. The molecule has 7 nitrogen and oxygen atoms in total. The fraction of sp³-hybridized carbons (Fsp3) is 0.312. The van der Waals surface area contributed by atoms with Crippen LogP contribution in [0.15, 0.2) is 29.1 Å². The highest BCUT2D eigenvalue weighted by Gasteiger charge is 2.15. The average Bonchev–Trinajstić information content (AvgIpc) is 2.96. The first-order valence-corrected chi connectivity index (χ1v) is 7.74. The zero-order valence-electron chi connectivity index (χ0n) is 12.9. The Labute approximate surface area is 136 Å². The Hall–Kier alpha value is -2.74. The third-order valence-corrected chi connectivity index (χ3v) is 3.94. The van der Waals surface area contributed by atoms with Crippen LogP contribution in [0.5, 0.6) is 0 Å². The van der Waals surface area contributed by atoms with E-state index in [-0.39, 0.29) is 11.4 Å². The average molecular weight is 329 g/mol. The standard InChI is InChI=1S/C16H16FN5O2/c17-10-1-2-11-12(7-10)19-13(18-11)8-14-20-15(9-16(23)21-14)22-3-5-24-6-4-22/h1-2,7,9H,3-6,8H2,(H,18,19)(H,20,21,23). The van der Waals surface area contributed by atoms with Gasteiger partial charge < -0.3 is 19.6 Å². The van der Waals surface area contributed by atoms with Crippen LogP contribution in [0, 0.1) is 5.82 Å². The lowest BCUT2D eigenvalue weighted by molar-refractivity contribution is 0.122. The van der Waals surface area contributed by atoms with Crippen LogP contribution in [0.25, 0.3) is 11.0 Å². The molecular formula is C16H16FN5O2. The number of fused-ring (bicyclic) bond motifs is 1. The minimum Gasteiger partial charge on any atom is -0.378 e. The van der Waals surface area contributed by atoms with E-state index in [4.69, 9.17) is 4.74 Å². The van der Waals surface area contributed by atoms with E-state index in [2.05, 4.69) is 19.9 Å². The minimum atomic E-state index is -0.332. The van der Waals surface area contributed by atoms with Gasteiger partial charge in [-0.15, -0.1) is 0 Å². The Bertz CT molecular complexity index is 930. The fourth-order valence-corrected chi connectivity index (χ4v) is 2.81. The molecule has 0 bridgehead atoms. The molecule has 0 atom stereocenters. The maximum atomic E-state index is 13.3. The predicted molar refractivity (Wildman–Crippen MR) is 86.7 cm³/mol. The van der Waals surface area contributed by atoms with Crippen LogP contribution < -0.4 is 10.5 Å². The molecule has 4 rings (SSSR count). The quantitative estimate of drug-likeness (QED) is 0.754. The molecule has 1 aliphatic rings. The lowest BCUT2D eigenvalue weighted by atomic mass is 10.3. The van der Waals surface area contributed by atoms with E-state index in [0.717, 1.165) is 5.52 Å². The lowest BCUT2D eigenvalue weighted by Gasteiger charge is -2.27. The SMILES string of the molecule is O=c1cc(N2CCOCC2)nc(Cc2nc3cc(F)ccc3[nH]2)[nH]1. The summed E-state index contributed by atoms with van der Waals surface area (Å²) in [5.41, 5.74) is 1.10. The van der Waals surface area contributed by atoms with Crippen molar-refractivity contribution in [2.45, 2.75) is 6.42 Å². The Morgan fingerprint density at radius 3 is 2.75 bits per heavy atom. The second kappa shape index (κ2) is 6.04. The van der Waals surface area contributed by atoms with Gasteiger partial charge in [-0.05, 0) is 12.1 Å². The van der Waals surface area contributed by atoms with E-state index in [1.807, 2.05) is 4.90 Å². The number of aromatic nitrogens is 4. The van der Waals surface area contributed by atoms with E-state index in [1.54, 1.807) is 6.07 Å². The van der Waals surface area contributed by atoms with Crippen molar-refractivity contribution in [1.29, 1.82) is 0 Å². The van der Waals surface area contributed by atoms with E-state index >= 15 is 0 Å². The van der Waals surface area contributed by atoms with Crippen molar-refractivity contribution in [3.8, 4) is 0 Å². The molecule has 1 saturated heterocycles. The summed E-state index contributed by atoms with van der Waals surface area (Å²) >= 11 is 0. The van der Waals surface area contributed by atoms with Gasteiger partial charge in [0.15, 0.2) is 0 Å². The molecule has 24 heavy (non-hydrogen) atoms. The Balaban J connectivity index is 1.63. The van der Waals surface area contributed by atoms with Gasteiger partial charge in [-0.2, -0.15) is 0 Å². The molecule has 8 heteroatoms. The van der Waals surface area contributed by atoms with Gasteiger partial charge in [-0.1, -0.05) is 0 Å². The highest BCUT2D eigenvalue weighted by molar-refractivity contribution is 5.74. The zero-order valence-corrected chi connectivity index (χ0v) is 12.9. The van der Waals surface area contributed by atoms with Crippen LogP contribution in [-0.2, 0) is 11.2 Å². The molecule has 2 N–H and O–H groups in total. The second-order valence-corrected chi connectivity index (χ2v) is 5.67. The number of nitrogens with one attached hydrogen (secondary N) is 2. The summed E-state index contributed by atoms with van der Waals surface area (Å²) in [4.78, 5) is 28.7. The summed E-state index contributed by atoms with van der Waals surface area (Å²) < 4.78 is 18.6. The monoisotopic (exact) mass is 329 g/mol. The summed E-state index contributed by atoms with van der Waals surface area (Å²) in [6.07, 6.45) is 0.337. The van der Waals surface area contributed by atoms with E-state index < -0.39 is 0 Å². The van der Waals surface area contributed by atoms with Gasteiger partial charge in [0, 0.05) is 25.2 Å². The van der Waals surface area contributed by atoms with Crippen molar-refractivity contribution in [2.24, 2.45) is 0 Å². The fourth-order valence-electron chi connectivity index (χ4n) is 2.81. The van der Waals surface area contributed by atoms with Crippen molar-refractivity contribution < 1.29 is 9.13 Å². The molecule has 0 saturated carbocycles. The maximum Gasteiger partial charge on any atom is 0.252 e. The number of benzene rings is 1. The number of rotatable bonds is 3. The Morgan fingerprint density at radius 2 is 1.92 bits per heavy atom. The molecule has 0 spiro atoms. The predicted octanol–water partition coefficient (Wildman–Crippen LogP) is 1.21. The molecular weight excluding hydrogens is 313 g/mol. The molecule has 0 unspecified atom stereocenters. The molecule has 0 amide bonds. The number of morpholine rings is 1. The van der Waals surface area contributed by atoms with Crippen molar-refractivity contribution in [3.63, 3.8) is 0 Å². The van der Waals surface area contributed by atoms with Gasteiger partial charge in [-0.3, -0.25) is 4.79 Å². The van der Waals surface area contributed by atoms with Gasteiger partial charge in [-0.25, -0.2) is 14.4 Å². The minimum absolute atomic E-state index is 0.205. The summed E-state index contributed by atoms with van der Waals surface area (Å²) in [5, 5.41) is 0. The molecule has 124 valence electrons. The Kier molecular flexibility index (Phi) is 3.73. The van der Waals surface area contributed by atoms with Crippen LogP contribution >= 0.6 is 0 Å². The van der Waals surface area contributed by atoms with Crippen LogP contribution in [0.3, 0.4) is 0 Å². The summed E-state index contributed by atoms with van der Waals surface area (Å²) in [6, 6.07) is 5.88. The van der Waals surface area contributed by atoms with Crippen molar-refractivity contribution in [1.82, 2.24) is 19.9 Å². The first-order valence-electron chi connectivity index (χ1n) is 7.74. The molecule has 1 fully saturated rings. The number of anilines is 1. The number of ether oxygens (including phenoxy) is 1. The van der Waals surface area contributed by atoms with Crippen molar-refractivity contribution in [3.05, 3.63) is 52.1 Å². The molecule has 1 aromatic carbocycles. The van der Waals surface area contributed by atoms with E-state index in [9.17, 15) is 9.18 Å². The Morgan fingerprint density at radius 1 is 1.12 bits per heavy atom. The second-order valence-electron chi connectivity index (χ2n) is 5.67. The molecule has 3 aromatic rings. The van der Waals surface area contributed by atoms with E-state index in [1.165, 1.54) is 18.2 Å². The van der Waals surface area contributed by atoms with Crippen molar-refractivity contribution in [2.75, 3.05) is 31.2 Å². The molecule has 3 heterocycles. The number of aromatic amines is 2.